The summed E-state index contributed by atoms with van der Waals surface area (Å²) < 4.78 is 7.29. The number of hydrogen-bond acceptors (Lipinski definition) is 4. The van der Waals surface area contributed by atoms with Crippen LogP contribution in [0, 0.1) is 0 Å². The van der Waals surface area contributed by atoms with Crippen molar-refractivity contribution in [2.45, 2.75) is 0 Å². The van der Waals surface area contributed by atoms with Gasteiger partial charge in [-0.1, -0.05) is 11.6 Å². The van der Waals surface area contributed by atoms with E-state index in [0.717, 1.165) is 43.2 Å². The van der Waals surface area contributed by atoms with E-state index in [4.69, 9.17) is 16.3 Å². The molecule has 0 radical (unpaired) electrons. The molecule has 1 fully saturated rings. The minimum absolute atomic E-state index is 0.502. The second-order valence-electron chi connectivity index (χ2n) is 4.09. The summed E-state index contributed by atoms with van der Waals surface area (Å²) in [7, 11) is 1.95. The van der Waals surface area contributed by atoms with Gasteiger partial charge in [-0.25, -0.2) is 9.97 Å². The summed E-state index contributed by atoms with van der Waals surface area (Å²) in [5.41, 5.74) is 1.91. The Bertz CT molecular complexity index is 548. The third-order valence-electron chi connectivity index (χ3n) is 2.97. The number of morpholine rings is 1. The zero-order valence-electron chi connectivity index (χ0n) is 9.56. The zero-order valence-corrected chi connectivity index (χ0v) is 10.3. The highest BCUT2D eigenvalue weighted by molar-refractivity contribution is 6.30. The average Bonchev–Trinajstić information content (AvgIpc) is 2.72. The molecule has 3 heterocycles. The Kier molecular flexibility index (Phi) is 2.64. The quantitative estimate of drug-likeness (QED) is 0.721. The number of ether oxygens (including phenoxy) is 1. The highest BCUT2D eigenvalue weighted by Crippen LogP contribution is 2.26. The van der Waals surface area contributed by atoms with E-state index >= 15 is 0 Å². The van der Waals surface area contributed by atoms with E-state index in [-0.39, 0.29) is 0 Å². The van der Waals surface area contributed by atoms with Gasteiger partial charge in [0, 0.05) is 26.2 Å². The molecule has 17 heavy (non-hydrogen) atoms. The van der Waals surface area contributed by atoms with Crippen molar-refractivity contribution in [1.29, 1.82) is 0 Å². The molecule has 3 rings (SSSR count). The van der Waals surface area contributed by atoms with Crippen LogP contribution in [0.2, 0.25) is 5.15 Å². The summed E-state index contributed by atoms with van der Waals surface area (Å²) in [5.74, 6) is 0.858. The number of pyridine rings is 1. The van der Waals surface area contributed by atoms with Gasteiger partial charge in [-0.05, 0) is 0 Å². The van der Waals surface area contributed by atoms with Gasteiger partial charge in [0.25, 0.3) is 0 Å². The molecule has 0 amide bonds. The zero-order chi connectivity index (χ0) is 11.8. The van der Waals surface area contributed by atoms with Crippen LogP contribution in [0.15, 0.2) is 12.4 Å². The summed E-state index contributed by atoms with van der Waals surface area (Å²) in [5, 5.41) is 0.502. The number of rotatable bonds is 1. The second-order valence-corrected chi connectivity index (χ2v) is 4.48. The van der Waals surface area contributed by atoms with Crippen LogP contribution in [0.3, 0.4) is 0 Å². The van der Waals surface area contributed by atoms with Crippen molar-refractivity contribution < 1.29 is 4.74 Å². The van der Waals surface area contributed by atoms with Gasteiger partial charge in [0.2, 0.25) is 0 Å². The third-order valence-corrected chi connectivity index (χ3v) is 3.17. The average molecular weight is 253 g/mol. The van der Waals surface area contributed by atoms with Gasteiger partial charge in [-0.15, -0.1) is 0 Å². The lowest BCUT2D eigenvalue weighted by Crippen LogP contribution is -2.36. The summed E-state index contributed by atoms with van der Waals surface area (Å²) >= 11 is 6.06. The summed E-state index contributed by atoms with van der Waals surface area (Å²) in [6, 6.07) is 1.84. The first kappa shape index (κ1) is 10.8. The summed E-state index contributed by atoms with van der Waals surface area (Å²) in [4.78, 5) is 11.0. The van der Waals surface area contributed by atoms with Crippen LogP contribution >= 0.6 is 11.6 Å². The fourth-order valence-electron chi connectivity index (χ4n) is 2.08. The predicted molar refractivity (Wildman–Crippen MR) is 66.6 cm³/mol. The number of fused-ring (bicyclic) bond motifs is 1. The first-order valence-corrected chi connectivity index (χ1v) is 5.94. The molecule has 2 aromatic heterocycles. The fraction of sp³-hybridized carbons (Fsp3) is 0.455. The number of hydrogen-bond donors (Lipinski definition) is 0. The van der Waals surface area contributed by atoms with Gasteiger partial charge in [0.15, 0.2) is 5.82 Å². The highest BCUT2D eigenvalue weighted by Gasteiger charge is 2.18. The Hall–Kier alpha value is -1.33. The SMILES string of the molecule is Cn1cnc2c(N3CCOCC3)nc(Cl)cc21. The molecule has 1 aliphatic rings. The van der Waals surface area contributed by atoms with Gasteiger partial charge in [0.05, 0.1) is 25.1 Å². The van der Waals surface area contributed by atoms with Crippen LogP contribution in [0.25, 0.3) is 11.0 Å². The minimum atomic E-state index is 0.502. The Morgan fingerprint density at radius 1 is 1.35 bits per heavy atom. The van der Waals surface area contributed by atoms with Crippen LogP contribution in [-0.4, -0.2) is 40.8 Å². The van der Waals surface area contributed by atoms with Crippen LogP contribution < -0.4 is 4.90 Å². The van der Waals surface area contributed by atoms with Gasteiger partial charge in [-0.2, -0.15) is 0 Å². The van der Waals surface area contributed by atoms with Gasteiger partial charge in [-0.3, -0.25) is 0 Å². The first-order chi connectivity index (χ1) is 8.25. The topological polar surface area (TPSA) is 43.2 Å². The van der Waals surface area contributed by atoms with Crippen molar-refractivity contribution >= 4 is 28.5 Å². The smallest absolute Gasteiger partial charge is 0.158 e. The van der Waals surface area contributed by atoms with E-state index in [0.29, 0.717) is 5.15 Å². The molecule has 2 aromatic rings. The maximum Gasteiger partial charge on any atom is 0.158 e. The Morgan fingerprint density at radius 2 is 2.12 bits per heavy atom. The van der Waals surface area contributed by atoms with Crippen LogP contribution in [0.5, 0.6) is 0 Å². The second kappa shape index (κ2) is 4.16. The molecular formula is C11H13ClN4O. The van der Waals surface area contributed by atoms with Gasteiger partial charge < -0.3 is 14.2 Å². The van der Waals surface area contributed by atoms with Crippen LogP contribution in [0.4, 0.5) is 5.82 Å². The maximum absolute atomic E-state index is 6.06. The monoisotopic (exact) mass is 252 g/mol. The van der Waals surface area contributed by atoms with E-state index in [9.17, 15) is 0 Å². The number of nitrogens with zero attached hydrogens (tertiary/aromatic N) is 4. The molecule has 5 nitrogen and oxygen atoms in total. The maximum atomic E-state index is 6.06. The number of anilines is 1. The normalized spacial score (nSPS) is 16.7. The largest absolute Gasteiger partial charge is 0.378 e. The lowest BCUT2D eigenvalue weighted by molar-refractivity contribution is 0.122. The number of halogens is 1. The Labute approximate surface area is 104 Å². The molecule has 0 saturated carbocycles. The lowest BCUT2D eigenvalue weighted by atomic mass is 10.3. The molecule has 90 valence electrons. The van der Waals surface area contributed by atoms with E-state index in [1.807, 2.05) is 17.7 Å². The molecule has 1 saturated heterocycles. The standard InChI is InChI=1S/C11H13ClN4O/c1-15-7-13-10-8(15)6-9(12)14-11(10)16-2-4-17-5-3-16/h6-7H,2-5H2,1H3. The van der Waals surface area contributed by atoms with Crippen molar-refractivity contribution in [1.82, 2.24) is 14.5 Å². The molecule has 0 aliphatic carbocycles. The molecule has 0 spiro atoms. The molecule has 1 aliphatic heterocycles. The van der Waals surface area contributed by atoms with Gasteiger partial charge in [0.1, 0.15) is 10.7 Å². The van der Waals surface area contributed by atoms with E-state index in [1.165, 1.54) is 0 Å². The molecule has 0 unspecified atom stereocenters. The number of imidazole rings is 1. The van der Waals surface area contributed by atoms with E-state index in [1.54, 1.807) is 6.33 Å². The number of aromatic nitrogens is 3. The first-order valence-electron chi connectivity index (χ1n) is 5.56. The Balaban J connectivity index is 2.13. The lowest BCUT2D eigenvalue weighted by Gasteiger charge is -2.28. The van der Waals surface area contributed by atoms with Crippen LogP contribution in [-0.2, 0) is 11.8 Å². The Morgan fingerprint density at radius 3 is 2.88 bits per heavy atom. The van der Waals surface area contributed by atoms with Gasteiger partial charge >= 0.3 is 0 Å². The van der Waals surface area contributed by atoms with Crippen molar-refractivity contribution in [2.75, 3.05) is 31.2 Å². The van der Waals surface area contributed by atoms with Crippen molar-refractivity contribution in [3.05, 3.63) is 17.5 Å². The summed E-state index contributed by atoms with van der Waals surface area (Å²) in [6.07, 6.45) is 1.78. The van der Waals surface area contributed by atoms with Crippen molar-refractivity contribution in [3.8, 4) is 0 Å². The molecule has 0 bridgehead atoms. The molecular weight excluding hydrogens is 240 g/mol. The molecule has 6 heteroatoms. The van der Waals surface area contributed by atoms with E-state index in [2.05, 4.69) is 14.9 Å². The van der Waals surface area contributed by atoms with Crippen molar-refractivity contribution in [3.63, 3.8) is 0 Å². The highest BCUT2D eigenvalue weighted by atomic mass is 35.5. The predicted octanol–water partition coefficient (Wildman–Crippen LogP) is 1.46. The number of aryl methyl sites for hydroxylation is 1. The van der Waals surface area contributed by atoms with E-state index < -0.39 is 0 Å². The minimum Gasteiger partial charge on any atom is -0.378 e. The molecule has 0 N–H and O–H groups in total. The molecule has 0 atom stereocenters. The summed E-state index contributed by atoms with van der Waals surface area (Å²) in [6.45, 7) is 3.11. The fourth-order valence-corrected chi connectivity index (χ4v) is 2.26. The van der Waals surface area contributed by atoms with Crippen LogP contribution in [0.1, 0.15) is 0 Å². The third kappa shape index (κ3) is 1.85. The molecule has 0 aromatic carbocycles. The van der Waals surface area contributed by atoms with Crippen molar-refractivity contribution in [2.24, 2.45) is 7.05 Å².